The normalized spacial score (nSPS) is 13.1. The maximum absolute atomic E-state index is 12.4. The summed E-state index contributed by atoms with van der Waals surface area (Å²) in [5, 5.41) is 11.3. The van der Waals surface area contributed by atoms with Crippen molar-refractivity contribution in [3.8, 4) is 28.5 Å². The van der Waals surface area contributed by atoms with E-state index in [0.717, 1.165) is 16.8 Å². The summed E-state index contributed by atoms with van der Waals surface area (Å²) in [4.78, 5) is 29.9. The van der Waals surface area contributed by atoms with Crippen molar-refractivity contribution in [3.63, 3.8) is 0 Å². The molecular formula is C27H22N4O5S2. The van der Waals surface area contributed by atoms with E-state index in [1.807, 2.05) is 29.0 Å². The molecule has 5 rings (SSSR count). The third kappa shape index (κ3) is 5.43. The minimum atomic E-state index is -0.446. The van der Waals surface area contributed by atoms with Gasteiger partial charge in [-0.3, -0.25) is 9.79 Å². The Kier molecular flexibility index (Phi) is 7.47. The standard InChI is InChI=1S/C27H22N4O5S2/c1-3-10-28-27-31(20(16-38-27)18-7-9-21-19(13-18)30-25(32)15-35-21)29-14-17-6-8-22(23(12-17)34-2)36-26(33)24-5-4-11-37-24/h3-9,11-14,16H,1,10,15H2,2H3,(H,30,32). The Morgan fingerprint density at radius 1 is 1.21 bits per heavy atom. The van der Waals surface area contributed by atoms with Gasteiger partial charge in [0.05, 0.1) is 31.3 Å². The van der Waals surface area contributed by atoms with E-state index in [1.54, 1.807) is 47.3 Å². The summed E-state index contributed by atoms with van der Waals surface area (Å²) in [6.07, 6.45) is 3.38. The Hall–Kier alpha value is -4.48. The number of amides is 1. The van der Waals surface area contributed by atoms with E-state index in [2.05, 4.69) is 16.9 Å². The Labute approximate surface area is 226 Å². The van der Waals surface area contributed by atoms with Crippen molar-refractivity contribution in [3.05, 3.63) is 87.2 Å². The molecule has 0 unspecified atom stereocenters. The molecule has 0 bridgehead atoms. The highest BCUT2D eigenvalue weighted by atomic mass is 32.1. The van der Waals surface area contributed by atoms with Gasteiger partial charge in [-0.25, -0.2) is 9.47 Å². The number of rotatable bonds is 8. The zero-order chi connectivity index (χ0) is 26.5. The minimum Gasteiger partial charge on any atom is -0.493 e. The lowest BCUT2D eigenvalue weighted by atomic mass is 10.1. The van der Waals surface area contributed by atoms with Crippen LogP contribution >= 0.6 is 22.7 Å². The summed E-state index contributed by atoms with van der Waals surface area (Å²) >= 11 is 2.74. The van der Waals surface area contributed by atoms with E-state index < -0.39 is 5.97 Å². The number of nitrogens with one attached hydrogen (secondary N) is 1. The number of hydrogen-bond donors (Lipinski definition) is 1. The van der Waals surface area contributed by atoms with Gasteiger partial charge in [-0.2, -0.15) is 5.10 Å². The second-order valence-corrected chi connectivity index (χ2v) is 9.70. The van der Waals surface area contributed by atoms with Crippen LogP contribution in [0.5, 0.6) is 17.2 Å². The molecule has 1 aliphatic heterocycles. The van der Waals surface area contributed by atoms with Gasteiger partial charge < -0.3 is 19.5 Å². The number of esters is 1. The summed E-state index contributed by atoms with van der Waals surface area (Å²) in [7, 11) is 1.51. The van der Waals surface area contributed by atoms with Gasteiger partial charge in [-0.15, -0.1) is 29.3 Å². The van der Waals surface area contributed by atoms with E-state index >= 15 is 0 Å². The Morgan fingerprint density at radius 2 is 2.11 bits per heavy atom. The average Bonchev–Trinajstić information content (AvgIpc) is 3.61. The van der Waals surface area contributed by atoms with Gasteiger partial charge in [-0.1, -0.05) is 12.1 Å². The lowest BCUT2D eigenvalue weighted by Crippen LogP contribution is -2.25. The number of ether oxygens (including phenoxy) is 3. The van der Waals surface area contributed by atoms with Crippen LogP contribution in [0.15, 0.2) is 82.0 Å². The second-order valence-electron chi connectivity index (χ2n) is 7.91. The summed E-state index contributed by atoms with van der Waals surface area (Å²) in [6, 6.07) is 14.2. The van der Waals surface area contributed by atoms with Crippen LogP contribution in [-0.2, 0) is 4.79 Å². The first-order chi connectivity index (χ1) is 18.6. The van der Waals surface area contributed by atoms with E-state index in [9.17, 15) is 9.59 Å². The van der Waals surface area contributed by atoms with Crippen molar-refractivity contribution < 1.29 is 23.8 Å². The molecule has 0 spiro atoms. The van der Waals surface area contributed by atoms with Crippen LogP contribution in [0.3, 0.4) is 0 Å². The third-order valence-corrected chi connectivity index (χ3v) is 7.09. The molecule has 0 fully saturated rings. The number of hydrogen-bond acceptors (Lipinski definition) is 9. The van der Waals surface area contributed by atoms with E-state index in [4.69, 9.17) is 19.3 Å². The minimum absolute atomic E-state index is 0.00480. The van der Waals surface area contributed by atoms with Gasteiger partial charge in [-0.05, 0) is 53.4 Å². The van der Waals surface area contributed by atoms with Gasteiger partial charge >= 0.3 is 5.97 Å². The van der Waals surface area contributed by atoms with Crippen molar-refractivity contribution >= 4 is 46.5 Å². The first kappa shape index (κ1) is 25.2. The number of nitrogens with zero attached hydrogens (tertiary/aromatic N) is 3. The lowest BCUT2D eigenvalue weighted by molar-refractivity contribution is -0.118. The highest BCUT2D eigenvalue weighted by molar-refractivity contribution is 7.12. The van der Waals surface area contributed by atoms with Crippen LogP contribution in [-0.4, -0.2) is 43.0 Å². The molecule has 192 valence electrons. The predicted molar refractivity (Wildman–Crippen MR) is 148 cm³/mol. The van der Waals surface area contributed by atoms with Crippen LogP contribution in [0.4, 0.5) is 5.69 Å². The zero-order valence-electron chi connectivity index (χ0n) is 20.2. The summed E-state index contributed by atoms with van der Waals surface area (Å²) in [5.74, 6) is 0.676. The van der Waals surface area contributed by atoms with Crippen LogP contribution < -0.4 is 24.3 Å². The molecular weight excluding hydrogens is 524 g/mol. The van der Waals surface area contributed by atoms with E-state index in [0.29, 0.717) is 39.2 Å². The number of thiazole rings is 1. The highest BCUT2D eigenvalue weighted by Crippen LogP contribution is 2.33. The molecule has 0 saturated carbocycles. The Morgan fingerprint density at radius 3 is 2.89 bits per heavy atom. The van der Waals surface area contributed by atoms with Gasteiger partial charge in [0.1, 0.15) is 10.6 Å². The van der Waals surface area contributed by atoms with Crippen LogP contribution in [0.25, 0.3) is 11.3 Å². The van der Waals surface area contributed by atoms with E-state index in [1.165, 1.54) is 29.8 Å². The molecule has 0 aliphatic carbocycles. The number of fused-ring (bicyclic) bond motifs is 1. The van der Waals surface area contributed by atoms with Crippen molar-refractivity contribution in [2.24, 2.45) is 10.1 Å². The van der Waals surface area contributed by atoms with Crippen molar-refractivity contribution in [1.29, 1.82) is 0 Å². The first-order valence-corrected chi connectivity index (χ1v) is 13.2. The molecule has 9 nitrogen and oxygen atoms in total. The van der Waals surface area contributed by atoms with Crippen LogP contribution in [0, 0.1) is 0 Å². The molecule has 1 amide bonds. The summed E-state index contributed by atoms with van der Waals surface area (Å²) in [5.41, 5.74) is 2.94. The van der Waals surface area contributed by atoms with Gasteiger partial charge in [0.2, 0.25) is 4.80 Å². The number of carbonyl (C=O) groups excluding carboxylic acids is 2. The van der Waals surface area contributed by atoms with E-state index in [-0.39, 0.29) is 12.5 Å². The van der Waals surface area contributed by atoms with Gasteiger partial charge in [0.25, 0.3) is 5.91 Å². The van der Waals surface area contributed by atoms with Crippen molar-refractivity contribution in [2.75, 3.05) is 25.6 Å². The zero-order valence-corrected chi connectivity index (χ0v) is 21.9. The van der Waals surface area contributed by atoms with Gasteiger partial charge in [0, 0.05) is 10.9 Å². The average molecular weight is 547 g/mol. The van der Waals surface area contributed by atoms with Crippen LogP contribution in [0.2, 0.25) is 0 Å². The Balaban J connectivity index is 1.46. The monoisotopic (exact) mass is 546 g/mol. The SMILES string of the molecule is C=CCN=c1scc(-c2ccc3c(c2)NC(=O)CO3)n1N=Cc1ccc(OC(=O)c2cccs2)c(OC)c1. The largest absolute Gasteiger partial charge is 0.493 e. The fourth-order valence-corrected chi connectivity index (χ4v) is 5.07. The summed E-state index contributed by atoms with van der Waals surface area (Å²) in [6.45, 7) is 4.17. The first-order valence-electron chi connectivity index (χ1n) is 11.4. The maximum Gasteiger partial charge on any atom is 0.353 e. The number of carbonyl (C=O) groups is 2. The van der Waals surface area contributed by atoms with Crippen molar-refractivity contribution in [1.82, 2.24) is 4.68 Å². The smallest absolute Gasteiger partial charge is 0.353 e. The summed E-state index contributed by atoms with van der Waals surface area (Å²) < 4.78 is 18.2. The molecule has 1 N–H and O–H groups in total. The number of thiophene rings is 1. The molecule has 38 heavy (non-hydrogen) atoms. The second kappa shape index (κ2) is 11.3. The molecule has 0 saturated heterocycles. The molecule has 0 atom stereocenters. The number of aromatic nitrogens is 1. The van der Waals surface area contributed by atoms with Crippen LogP contribution in [0.1, 0.15) is 15.2 Å². The molecule has 11 heteroatoms. The quantitative estimate of drug-likeness (QED) is 0.148. The predicted octanol–water partition coefficient (Wildman–Crippen LogP) is 4.81. The molecule has 4 aromatic rings. The number of benzene rings is 2. The molecule has 2 aromatic carbocycles. The lowest BCUT2D eigenvalue weighted by Gasteiger charge is -2.18. The topological polar surface area (TPSA) is 104 Å². The highest BCUT2D eigenvalue weighted by Gasteiger charge is 2.18. The van der Waals surface area contributed by atoms with Crippen molar-refractivity contribution in [2.45, 2.75) is 0 Å². The number of anilines is 1. The fraction of sp³-hybridized carbons (Fsp3) is 0.111. The molecule has 2 aromatic heterocycles. The fourth-order valence-electron chi connectivity index (χ4n) is 3.62. The number of methoxy groups -OCH3 is 1. The van der Waals surface area contributed by atoms with Gasteiger partial charge in [0.15, 0.2) is 18.1 Å². The Bertz CT molecular complexity index is 1600. The molecule has 0 radical (unpaired) electrons. The molecule has 1 aliphatic rings. The third-order valence-electron chi connectivity index (χ3n) is 5.38. The maximum atomic E-state index is 12.4. The molecule has 3 heterocycles.